The molecule has 3 aliphatic rings. The van der Waals surface area contributed by atoms with Crippen LogP contribution in [0.5, 0.6) is 5.75 Å². The topological polar surface area (TPSA) is 89.5 Å². The number of allylic oxidation sites excluding steroid dienone is 4. The minimum absolute atomic E-state index is 0.0293. The fourth-order valence-electron chi connectivity index (χ4n) is 4.88. The highest BCUT2D eigenvalue weighted by Gasteiger charge is 2.41. The van der Waals surface area contributed by atoms with Crippen LogP contribution in [0.15, 0.2) is 69.9 Å². The summed E-state index contributed by atoms with van der Waals surface area (Å²) in [4.78, 5) is 26.1. The van der Waals surface area contributed by atoms with Gasteiger partial charge in [-0.25, -0.2) is 0 Å². The van der Waals surface area contributed by atoms with Crippen molar-refractivity contribution in [3.63, 3.8) is 0 Å². The number of hydrogen-bond donors (Lipinski definition) is 1. The van der Waals surface area contributed by atoms with Gasteiger partial charge in [-0.15, -0.1) is 0 Å². The van der Waals surface area contributed by atoms with Crippen LogP contribution in [0.25, 0.3) is 0 Å². The van der Waals surface area contributed by atoms with Crippen molar-refractivity contribution in [1.29, 1.82) is 0 Å². The molecule has 0 spiro atoms. The second-order valence-corrected chi connectivity index (χ2v) is 11.0. The zero-order chi connectivity index (χ0) is 24.0. The molecule has 0 unspecified atom stereocenters. The number of carbonyl (C=O) groups is 2. The number of hydrogen-bond acceptors (Lipinski definition) is 6. The third-order valence-electron chi connectivity index (χ3n) is 6.38. The van der Waals surface area contributed by atoms with Crippen LogP contribution in [0.3, 0.4) is 0 Å². The first-order valence-electron chi connectivity index (χ1n) is 11.0. The van der Waals surface area contributed by atoms with Gasteiger partial charge in [0, 0.05) is 56.9 Å². The lowest BCUT2D eigenvalue weighted by Gasteiger charge is -2.37. The maximum Gasteiger partial charge on any atom is 0.339 e. The normalized spacial score (nSPS) is 19.0. The van der Waals surface area contributed by atoms with E-state index < -0.39 is 16.0 Å². The zero-order valence-electron chi connectivity index (χ0n) is 18.1. The molecule has 0 amide bonds. The van der Waals surface area contributed by atoms with Crippen molar-refractivity contribution in [2.75, 3.05) is 0 Å². The number of Topliss-reactive ketones (excluding diaryl/α,β-unsaturated/α-hetero) is 2. The van der Waals surface area contributed by atoms with E-state index >= 15 is 0 Å². The lowest BCUT2D eigenvalue weighted by molar-refractivity contribution is -0.116. The third kappa shape index (κ3) is 4.17. The molecule has 0 aromatic heterocycles. The first-order chi connectivity index (χ1) is 16.2. The van der Waals surface area contributed by atoms with Gasteiger partial charge in [0.1, 0.15) is 10.6 Å². The van der Waals surface area contributed by atoms with Crippen molar-refractivity contribution >= 4 is 44.9 Å². The standard InChI is InChI=1S/C25H21Cl2NO5S/c26-14-7-10-16(11-8-14)34(31,32)33-22-12-9-15(27)13-17(22)23-24-18(3-1-5-20(24)29)28-19-4-2-6-21(30)25(19)23/h7-13,23,28H,1-6H2. The second-order valence-electron chi connectivity index (χ2n) is 8.57. The summed E-state index contributed by atoms with van der Waals surface area (Å²) in [5.74, 6) is -0.826. The highest BCUT2D eigenvalue weighted by Crippen LogP contribution is 2.48. The molecule has 6 nitrogen and oxygen atoms in total. The molecule has 9 heteroatoms. The lowest BCUT2D eigenvalue weighted by Crippen LogP contribution is -2.36. The quantitative estimate of drug-likeness (QED) is 0.541. The molecule has 176 valence electrons. The van der Waals surface area contributed by atoms with Crippen LogP contribution in [0, 0.1) is 0 Å². The second kappa shape index (κ2) is 8.87. The largest absolute Gasteiger partial charge is 0.379 e. The van der Waals surface area contributed by atoms with Gasteiger partial charge in [-0.1, -0.05) is 23.2 Å². The van der Waals surface area contributed by atoms with Gasteiger partial charge in [0.15, 0.2) is 11.6 Å². The molecule has 1 heterocycles. The molecule has 0 saturated carbocycles. The van der Waals surface area contributed by atoms with Crippen LogP contribution in [0.4, 0.5) is 0 Å². The molecule has 5 rings (SSSR count). The summed E-state index contributed by atoms with van der Waals surface area (Å²) in [6.07, 6.45) is 3.54. The highest BCUT2D eigenvalue weighted by molar-refractivity contribution is 7.87. The summed E-state index contributed by atoms with van der Waals surface area (Å²) in [7, 11) is -4.21. The molecule has 0 radical (unpaired) electrons. The van der Waals surface area contributed by atoms with Gasteiger partial charge in [0.05, 0.1) is 0 Å². The Kier molecular flexibility index (Phi) is 6.04. The monoisotopic (exact) mass is 517 g/mol. The number of ketones is 2. The van der Waals surface area contributed by atoms with E-state index in [1.165, 1.54) is 36.4 Å². The Morgan fingerprint density at radius 1 is 0.794 bits per heavy atom. The highest BCUT2D eigenvalue weighted by atomic mass is 35.5. The molecule has 34 heavy (non-hydrogen) atoms. The van der Waals surface area contributed by atoms with Crippen molar-refractivity contribution in [3.05, 3.63) is 80.6 Å². The predicted octanol–water partition coefficient (Wildman–Crippen LogP) is 5.46. The minimum Gasteiger partial charge on any atom is -0.379 e. The molecule has 0 fully saturated rings. The summed E-state index contributed by atoms with van der Waals surface area (Å²) in [5.41, 5.74) is 2.96. The Morgan fingerprint density at radius 2 is 1.35 bits per heavy atom. The van der Waals surface area contributed by atoms with Gasteiger partial charge in [0.2, 0.25) is 0 Å². The van der Waals surface area contributed by atoms with Crippen LogP contribution < -0.4 is 9.50 Å². The third-order valence-corrected chi connectivity index (χ3v) is 8.11. The van der Waals surface area contributed by atoms with Crippen molar-refractivity contribution in [1.82, 2.24) is 5.32 Å². The fraction of sp³-hybridized carbons (Fsp3) is 0.280. The number of benzene rings is 2. The lowest BCUT2D eigenvalue weighted by atomic mass is 9.71. The van der Waals surface area contributed by atoms with Gasteiger partial charge >= 0.3 is 10.1 Å². The molecule has 2 aliphatic carbocycles. The maximum absolute atomic E-state index is 13.1. The number of dihydropyridines is 1. The van der Waals surface area contributed by atoms with Crippen molar-refractivity contribution in [2.24, 2.45) is 0 Å². The molecule has 0 saturated heterocycles. The Morgan fingerprint density at radius 3 is 1.94 bits per heavy atom. The average Bonchev–Trinajstić information content (AvgIpc) is 2.79. The smallest absolute Gasteiger partial charge is 0.339 e. The number of halogens is 2. The Balaban J connectivity index is 1.67. The summed E-state index contributed by atoms with van der Waals surface area (Å²) >= 11 is 12.2. The summed E-state index contributed by atoms with van der Waals surface area (Å²) in [5, 5.41) is 4.09. The van der Waals surface area contributed by atoms with Gasteiger partial charge in [0.25, 0.3) is 0 Å². The predicted molar refractivity (Wildman–Crippen MR) is 128 cm³/mol. The van der Waals surface area contributed by atoms with E-state index in [9.17, 15) is 18.0 Å². The minimum atomic E-state index is -4.21. The van der Waals surface area contributed by atoms with Crippen LogP contribution in [0.2, 0.25) is 10.0 Å². The molecule has 1 N–H and O–H groups in total. The van der Waals surface area contributed by atoms with E-state index in [2.05, 4.69) is 5.32 Å². The van der Waals surface area contributed by atoms with Crippen LogP contribution in [-0.2, 0) is 19.7 Å². The summed E-state index contributed by atoms with van der Waals surface area (Å²) in [6.45, 7) is 0. The molecule has 0 bridgehead atoms. The SMILES string of the molecule is O=C1CCCC2=C1C(c1cc(Cl)ccc1OS(=O)(=O)c1ccc(Cl)cc1)C1=C(CCCC1=O)N2. The van der Waals surface area contributed by atoms with Gasteiger partial charge in [-0.3, -0.25) is 9.59 Å². The van der Waals surface area contributed by atoms with Crippen molar-refractivity contribution in [2.45, 2.75) is 49.3 Å². The first kappa shape index (κ1) is 23.1. The van der Waals surface area contributed by atoms with Gasteiger partial charge in [-0.05, 0) is 68.1 Å². The fourth-order valence-corrected chi connectivity index (χ4v) is 6.14. The van der Waals surface area contributed by atoms with Crippen LogP contribution in [0.1, 0.15) is 50.0 Å². The van der Waals surface area contributed by atoms with E-state index in [0.29, 0.717) is 52.4 Å². The molecule has 0 atom stereocenters. The van der Waals surface area contributed by atoms with E-state index in [-0.39, 0.29) is 22.2 Å². The summed E-state index contributed by atoms with van der Waals surface area (Å²) in [6, 6.07) is 10.2. The average molecular weight is 518 g/mol. The van der Waals surface area contributed by atoms with E-state index in [1.54, 1.807) is 6.07 Å². The molecule has 2 aromatic rings. The van der Waals surface area contributed by atoms with Crippen LogP contribution >= 0.6 is 23.2 Å². The molecular weight excluding hydrogens is 497 g/mol. The Hall–Kier alpha value is -2.61. The van der Waals surface area contributed by atoms with E-state index in [1.807, 2.05) is 0 Å². The number of carbonyl (C=O) groups excluding carboxylic acids is 2. The van der Waals surface area contributed by atoms with Crippen molar-refractivity contribution < 1.29 is 22.2 Å². The Labute approximate surface area is 207 Å². The number of nitrogens with one attached hydrogen (secondary N) is 1. The first-order valence-corrected chi connectivity index (χ1v) is 13.2. The molecule has 1 aliphatic heterocycles. The number of rotatable bonds is 4. The molecular formula is C25H21Cl2NO5S. The van der Waals surface area contributed by atoms with E-state index in [0.717, 1.165) is 24.2 Å². The zero-order valence-corrected chi connectivity index (χ0v) is 20.4. The maximum atomic E-state index is 13.1. The van der Waals surface area contributed by atoms with E-state index in [4.69, 9.17) is 27.4 Å². The molecule has 2 aromatic carbocycles. The van der Waals surface area contributed by atoms with Gasteiger partial charge < -0.3 is 9.50 Å². The Bertz CT molecular complexity index is 1330. The van der Waals surface area contributed by atoms with Crippen LogP contribution in [-0.4, -0.2) is 20.0 Å². The van der Waals surface area contributed by atoms with Gasteiger partial charge in [-0.2, -0.15) is 8.42 Å². The van der Waals surface area contributed by atoms with Crippen molar-refractivity contribution in [3.8, 4) is 5.75 Å². The summed E-state index contributed by atoms with van der Waals surface area (Å²) < 4.78 is 31.7.